The Kier molecular flexibility index (Phi) is 7.31. The van der Waals surface area contributed by atoms with Crippen LogP contribution in [0.15, 0.2) is 101 Å². The zero-order valence-corrected chi connectivity index (χ0v) is 20.8. The molecule has 0 aliphatic heterocycles. The summed E-state index contributed by atoms with van der Waals surface area (Å²) in [6.07, 6.45) is 2.78. The van der Waals surface area contributed by atoms with Gasteiger partial charge < -0.3 is 5.32 Å². The molecule has 0 aliphatic carbocycles. The molecule has 1 aromatic heterocycles. The highest BCUT2D eigenvalue weighted by Crippen LogP contribution is 2.22. The molecule has 0 unspecified atom stereocenters. The monoisotopic (exact) mass is 554 g/mol. The zero-order valence-electron chi connectivity index (χ0n) is 19.2. The Morgan fingerprint density at radius 1 is 0.737 bits per heavy atom. The van der Waals surface area contributed by atoms with Crippen molar-refractivity contribution in [1.29, 1.82) is 0 Å². The predicted molar refractivity (Wildman–Crippen MR) is 138 cm³/mol. The van der Waals surface area contributed by atoms with E-state index in [2.05, 4.69) is 24.7 Å². The Labute approximate surface area is 216 Å². The van der Waals surface area contributed by atoms with Crippen molar-refractivity contribution >= 4 is 49.0 Å². The van der Waals surface area contributed by atoms with Gasteiger partial charge in [0, 0.05) is 41.5 Å². The van der Waals surface area contributed by atoms with Crippen molar-refractivity contribution in [3.05, 3.63) is 107 Å². The van der Waals surface area contributed by atoms with Gasteiger partial charge in [-0.15, -0.1) is 0 Å². The number of non-ortho nitro benzene ring substituents is 1. The number of sulfonamides is 2. The minimum atomic E-state index is -4.10. The molecule has 0 radical (unpaired) electrons. The van der Waals surface area contributed by atoms with Crippen molar-refractivity contribution in [2.75, 3.05) is 14.8 Å². The Hall–Kier alpha value is -4.89. The first-order valence-corrected chi connectivity index (χ1v) is 13.6. The van der Waals surface area contributed by atoms with Crippen LogP contribution >= 0.6 is 0 Å². The summed E-state index contributed by atoms with van der Waals surface area (Å²) in [5, 5.41) is 13.5. The fraction of sp³-hybridized carbons (Fsp3) is 0. The van der Waals surface area contributed by atoms with Crippen LogP contribution in [0.4, 0.5) is 23.0 Å². The number of aromatic nitrogens is 2. The fourth-order valence-electron chi connectivity index (χ4n) is 3.12. The first kappa shape index (κ1) is 26.2. The summed E-state index contributed by atoms with van der Waals surface area (Å²) in [5.74, 6) is -0.606. The topological polar surface area (TPSA) is 190 Å². The Bertz CT molecular complexity index is 1700. The number of carbonyl (C=O) groups excluding carboxylic acids is 1. The molecule has 194 valence electrons. The number of nitrogens with one attached hydrogen (secondary N) is 3. The molecule has 0 saturated heterocycles. The molecule has 0 saturated carbocycles. The highest BCUT2D eigenvalue weighted by atomic mass is 32.2. The van der Waals surface area contributed by atoms with Gasteiger partial charge in [-0.05, 0) is 60.7 Å². The third kappa shape index (κ3) is 6.26. The number of hydrogen-bond donors (Lipinski definition) is 3. The maximum atomic E-state index is 12.6. The van der Waals surface area contributed by atoms with Gasteiger partial charge in [-0.3, -0.25) is 19.6 Å². The lowest BCUT2D eigenvalue weighted by atomic mass is 10.2. The molecule has 4 rings (SSSR count). The van der Waals surface area contributed by atoms with Crippen LogP contribution in [0.5, 0.6) is 0 Å². The number of nitro groups is 1. The molecular formula is C23H18N6O7S2. The molecule has 13 nitrogen and oxygen atoms in total. The highest BCUT2D eigenvalue weighted by molar-refractivity contribution is 7.93. The molecule has 1 amide bonds. The number of nitro benzene ring substituents is 1. The van der Waals surface area contributed by atoms with Crippen molar-refractivity contribution in [1.82, 2.24) is 9.97 Å². The van der Waals surface area contributed by atoms with Crippen LogP contribution in [0.25, 0.3) is 0 Å². The van der Waals surface area contributed by atoms with E-state index in [1.165, 1.54) is 79.1 Å². The standard InChI is InChI=1S/C23H18N6O7S2/c30-22(26-17-9-11-20(12-10-17)37(33,34)28-23-24-13-2-14-25-23)16-5-7-18(8-6-16)27-38(35,36)21-4-1-3-19(15-21)29(31)32/h1-15,27H,(H,26,30)(H,24,25,28). The summed E-state index contributed by atoms with van der Waals surface area (Å²) in [5.41, 5.74) is 0.285. The quantitative estimate of drug-likeness (QED) is 0.206. The molecule has 0 fully saturated rings. The van der Waals surface area contributed by atoms with E-state index in [1.807, 2.05) is 0 Å². The first-order chi connectivity index (χ1) is 18.0. The van der Waals surface area contributed by atoms with Crippen LogP contribution in [-0.4, -0.2) is 37.6 Å². The average Bonchev–Trinajstić information content (AvgIpc) is 2.89. The second-order valence-corrected chi connectivity index (χ2v) is 11.0. The van der Waals surface area contributed by atoms with Gasteiger partial charge in [-0.1, -0.05) is 6.07 Å². The molecule has 1 heterocycles. The van der Waals surface area contributed by atoms with E-state index in [1.54, 1.807) is 6.07 Å². The summed E-state index contributed by atoms with van der Waals surface area (Å²) in [6, 6.07) is 17.0. The van der Waals surface area contributed by atoms with Crippen molar-refractivity contribution in [3.8, 4) is 0 Å². The summed E-state index contributed by atoms with van der Waals surface area (Å²) >= 11 is 0. The average molecular weight is 555 g/mol. The minimum absolute atomic E-state index is 0.0664. The number of anilines is 3. The number of benzene rings is 3. The second-order valence-electron chi connectivity index (χ2n) is 7.59. The molecule has 0 spiro atoms. The van der Waals surface area contributed by atoms with Gasteiger partial charge in [0.2, 0.25) is 5.95 Å². The van der Waals surface area contributed by atoms with Crippen LogP contribution in [0.3, 0.4) is 0 Å². The minimum Gasteiger partial charge on any atom is -0.322 e. The van der Waals surface area contributed by atoms with Gasteiger partial charge in [0.25, 0.3) is 31.6 Å². The van der Waals surface area contributed by atoms with Gasteiger partial charge >= 0.3 is 0 Å². The number of carbonyl (C=O) groups is 1. The molecule has 38 heavy (non-hydrogen) atoms. The first-order valence-electron chi connectivity index (χ1n) is 10.6. The van der Waals surface area contributed by atoms with Crippen LogP contribution in [0.1, 0.15) is 10.4 Å². The molecule has 4 aromatic rings. The smallest absolute Gasteiger partial charge is 0.270 e. The lowest BCUT2D eigenvalue weighted by Crippen LogP contribution is -2.15. The van der Waals surface area contributed by atoms with Crippen LogP contribution in [-0.2, 0) is 20.0 Å². The molecule has 15 heteroatoms. The highest BCUT2D eigenvalue weighted by Gasteiger charge is 2.19. The summed E-state index contributed by atoms with van der Waals surface area (Å²) in [6.45, 7) is 0. The Morgan fingerprint density at radius 3 is 1.97 bits per heavy atom. The predicted octanol–water partition coefficient (Wildman–Crippen LogP) is 3.24. The molecular weight excluding hydrogens is 536 g/mol. The van der Waals surface area contributed by atoms with Crippen molar-refractivity contribution in [2.24, 2.45) is 0 Å². The normalized spacial score (nSPS) is 11.4. The van der Waals surface area contributed by atoms with Gasteiger partial charge in [0.05, 0.1) is 14.7 Å². The van der Waals surface area contributed by atoms with E-state index >= 15 is 0 Å². The van der Waals surface area contributed by atoms with E-state index in [0.717, 1.165) is 6.07 Å². The Balaban J connectivity index is 1.40. The van der Waals surface area contributed by atoms with Gasteiger partial charge in [-0.2, -0.15) is 0 Å². The van der Waals surface area contributed by atoms with Gasteiger partial charge in [0.1, 0.15) is 0 Å². The van der Waals surface area contributed by atoms with E-state index < -0.39 is 30.9 Å². The van der Waals surface area contributed by atoms with E-state index in [4.69, 9.17) is 0 Å². The number of hydrogen-bond acceptors (Lipinski definition) is 9. The Morgan fingerprint density at radius 2 is 1.34 bits per heavy atom. The van der Waals surface area contributed by atoms with E-state index in [-0.39, 0.29) is 32.7 Å². The van der Waals surface area contributed by atoms with Crippen LogP contribution in [0.2, 0.25) is 0 Å². The molecule has 3 aromatic carbocycles. The maximum absolute atomic E-state index is 12.6. The number of amides is 1. The van der Waals surface area contributed by atoms with E-state index in [9.17, 15) is 31.7 Å². The third-order valence-corrected chi connectivity index (χ3v) is 7.67. The summed E-state index contributed by atoms with van der Waals surface area (Å²) < 4.78 is 54.6. The largest absolute Gasteiger partial charge is 0.322 e. The molecule has 3 N–H and O–H groups in total. The van der Waals surface area contributed by atoms with Crippen LogP contribution < -0.4 is 14.8 Å². The molecule has 0 bridgehead atoms. The molecule has 0 aliphatic rings. The number of nitrogens with zero attached hydrogens (tertiary/aromatic N) is 3. The maximum Gasteiger partial charge on any atom is 0.270 e. The number of rotatable bonds is 9. The fourth-order valence-corrected chi connectivity index (χ4v) is 5.18. The summed E-state index contributed by atoms with van der Waals surface area (Å²) in [7, 11) is -8.04. The van der Waals surface area contributed by atoms with Crippen molar-refractivity contribution in [2.45, 2.75) is 9.79 Å². The van der Waals surface area contributed by atoms with Crippen LogP contribution in [0, 0.1) is 10.1 Å². The van der Waals surface area contributed by atoms with Gasteiger partial charge in [0.15, 0.2) is 0 Å². The second kappa shape index (κ2) is 10.6. The SMILES string of the molecule is O=C(Nc1ccc(S(=O)(=O)Nc2ncccn2)cc1)c1ccc(NS(=O)(=O)c2cccc([N+](=O)[O-])c2)cc1. The van der Waals surface area contributed by atoms with Gasteiger partial charge in [-0.25, -0.2) is 31.5 Å². The summed E-state index contributed by atoms with van der Waals surface area (Å²) in [4.78, 5) is 30.1. The van der Waals surface area contributed by atoms with E-state index in [0.29, 0.717) is 5.69 Å². The zero-order chi connectivity index (χ0) is 27.3. The molecule has 0 atom stereocenters. The van der Waals surface area contributed by atoms with Crippen molar-refractivity contribution < 1.29 is 26.6 Å². The lowest BCUT2D eigenvalue weighted by molar-refractivity contribution is -0.385. The van der Waals surface area contributed by atoms with Crippen molar-refractivity contribution in [3.63, 3.8) is 0 Å². The third-order valence-electron chi connectivity index (χ3n) is 4.95. The lowest BCUT2D eigenvalue weighted by Gasteiger charge is -2.10.